The number of hydrogen-bond acceptors (Lipinski definition) is 5. The Labute approximate surface area is 219 Å². The van der Waals surface area contributed by atoms with Crippen LogP contribution in [0, 0.1) is 5.92 Å². The number of carbonyl (C=O) groups excluding carboxylic acids is 1. The zero-order valence-electron chi connectivity index (χ0n) is 20.8. The van der Waals surface area contributed by atoms with Crippen LogP contribution in [0.5, 0.6) is 5.75 Å². The predicted octanol–water partition coefficient (Wildman–Crippen LogP) is 6.53. The minimum Gasteiger partial charge on any atom is -0.379 e. The summed E-state index contributed by atoms with van der Waals surface area (Å²) in [6, 6.07) is 9.63. The number of anilines is 1. The molecule has 0 saturated heterocycles. The zero-order valence-corrected chi connectivity index (χ0v) is 23.1. The fourth-order valence-electron chi connectivity index (χ4n) is 4.08. The predicted molar refractivity (Wildman–Crippen MR) is 142 cm³/mol. The second-order valence-electron chi connectivity index (χ2n) is 8.93. The molecule has 6 nitrogen and oxygen atoms in total. The molecule has 0 N–H and O–H groups in total. The van der Waals surface area contributed by atoms with Gasteiger partial charge in [-0.05, 0) is 64.3 Å². The topological polar surface area (TPSA) is 66.9 Å². The molecule has 1 unspecified atom stereocenters. The average molecular weight is 542 g/mol. The van der Waals surface area contributed by atoms with Gasteiger partial charge in [0.25, 0.3) is 0 Å². The number of hydrogen-bond donors (Lipinski definition) is 0. The number of halogens is 2. The van der Waals surface area contributed by atoms with Gasteiger partial charge in [0, 0.05) is 48.9 Å². The lowest BCUT2D eigenvalue weighted by atomic mass is 9.84. The highest BCUT2D eigenvalue weighted by molar-refractivity contribution is 7.87. The van der Waals surface area contributed by atoms with Crippen molar-refractivity contribution in [3.05, 3.63) is 52.0 Å². The Morgan fingerprint density at radius 2 is 1.74 bits per heavy atom. The number of benzene rings is 2. The number of amides is 1. The summed E-state index contributed by atoms with van der Waals surface area (Å²) in [5.74, 6) is 0.371. The van der Waals surface area contributed by atoms with Gasteiger partial charge in [0.05, 0.1) is 10.0 Å². The highest BCUT2D eigenvalue weighted by Gasteiger charge is 2.32. The van der Waals surface area contributed by atoms with Crippen LogP contribution in [0.4, 0.5) is 5.69 Å². The Kier molecular flexibility index (Phi) is 9.35. The second-order valence-corrected chi connectivity index (χ2v) is 11.3. The van der Waals surface area contributed by atoms with Crippen molar-refractivity contribution < 1.29 is 17.4 Å². The molecule has 192 valence electrons. The van der Waals surface area contributed by atoms with E-state index >= 15 is 0 Å². The monoisotopic (exact) mass is 540 g/mol. The maximum atomic E-state index is 13.2. The van der Waals surface area contributed by atoms with E-state index < -0.39 is 10.1 Å². The van der Waals surface area contributed by atoms with Crippen LogP contribution in [0.25, 0.3) is 0 Å². The van der Waals surface area contributed by atoms with E-state index in [1.165, 1.54) is 18.2 Å². The summed E-state index contributed by atoms with van der Waals surface area (Å²) >= 11 is 12.0. The van der Waals surface area contributed by atoms with Crippen LogP contribution >= 0.6 is 23.2 Å². The Bertz CT molecular complexity index is 1150. The summed E-state index contributed by atoms with van der Waals surface area (Å²) < 4.78 is 32.1. The van der Waals surface area contributed by atoms with Gasteiger partial charge in [-0.1, -0.05) is 42.6 Å². The SMILES string of the molecule is CCC(C)N(Cc1ccc(N(CC)CC)cc1OS(=O)(=O)c1ccc(Cl)c(Cl)c1)C(=O)C1CCC1. The summed E-state index contributed by atoms with van der Waals surface area (Å²) in [6.45, 7) is 9.92. The number of carbonyl (C=O) groups is 1. The number of rotatable bonds is 11. The Hall–Kier alpha value is -1.96. The van der Waals surface area contributed by atoms with E-state index in [-0.39, 0.29) is 45.1 Å². The molecule has 0 radical (unpaired) electrons. The standard InChI is InChI=1S/C26H34Cl2N2O4S/c1-5-18(4)30(26(31)19-9-8-10-19)17-20-11-12-21(29(6-2)7-3)15-25(20)34-35(32,33)22-13-14-23(27)24(28)16-22/h11-16,18-19H,5-10,17H2,1-4H3. The molecule has 9 heteroatoms. The Balaban J connectivity index is 2.01. The molecule has 1 saturated carbocycles. The van der Waals surface area contributed by atoms with Crippen molar-refractivity contribution in [3.63, 3.8) is 0 Å². The summed E-state index contributed by atoms with van der Waals surface area (Å²) in [4.78, 5) is 17.1. The molecule has 1 aliphatic rings. The van der Waals surface area contributed by atoms with Crippen LogP contribution in [0.1, 0.15) is 58.9 Å². The highest BCUT2D eigenvalue weighted by Crippen LogP contribution is 2.34. The largest absolute Gasteiger partial charge is 0.379 e. The molecular weight excluding hydrogens is 507 g/mol. The normalized spacial score (nSPS) is 14.8. The van der Waals surface area contributed by atoms with Gasteiger partial charge in [-0.25, -0.2) is 0 Å². The van der Waals surface area contributed by atoms with Crippen LogP contribution in [-0.4, -0.2) is 38.4 Å². The lowest BCUT2D eigenvalue weighted by molar-refractivity contribution is -0.141. The van der Waals surface area contributed by atoms with E-state index in [1.54, 1.807) is 6.07 Å². The van der Waals surface area contributed by atoms with Gasteiger partial charge < -0.3 is 14.0 Å². The van der Waals surface area contributed by atoms with Gasteiger partial charge in [0.15, 0.2) is 0 Å². The fraction of sp³-hybridized carbons (Fsp3) is 0.500. The summed E-state index contributed by atoms with van der Waals surface area (Å²) in [5.41, 5.74) is 1.48. The molecule has 0 aromatic heterocycles. The first-order valence-corrected chi connectivity index (χ1v) is 14.4. The molecule has 2 aromatic rings. The molecule has 1 atom stereocenters. The first kappa shape index (κ1) is 27.6. The first-order chi connectivity index (χ1) is 16.6. The minimum atomic E-state index is -4.19. The summed E-state index contributed by atoms with van der Waals surface area (Å²) in [5, 5.41) is 0.385. The van der Waals surface area contributed by atoms with Crippen molar-refractivity contribution >= 4 is 44.9 Å². The molecule has 0 bridgehead atoms. The summed E-state index contributed by atoms with van der Waals surface area (Å²) in [6.07, 6.45) is 3.68. The molecule has 2 aromatic carbocycles. The quantitative estimate of drug-likeness (QED) is 0.303. The van der Waals surface area contributed by atoms with Crippen molar-refractivity contribution in [2.24, 2.45) is 5.92 Å². The maximum absolute atomic E-state index is 13.2. The van der Waals surface area contributed by atoms with Gasteiger partial charge >= 0.3 is 10.1 Å². The minimum absolute atomic E-state index is 0.0186. The molecule has 0 aliphatic heterocycles. The molecular formula is C26H34Cl2N2O4S. The second kappa shape index (κ2) is 11.8. The third-order valence-electron chi connectivity index (χ3n) is 6.76. The molecule has 1 fully saturated rings. The Morgan fingerprint density at radius 1 is 1.06 bits per heavy atom. The maximum Gasteiger partial charge on any atom is 0.339 e. The van der Waals surface area contributed by atoms with Crippen LogP contribution in [-0.2, 0) is 21.5 Å². The van der Waals surface area contributed by atoms with Crippen molar-refractivity contribution in [3.8, 4) is 5.75 Å². The van der Waals surface area contributed by atoms with Gasteiger partial charge in [0.2, 0.25) is 5.91 Å². The van der Waals surface area contributed by atoms with Crippen molar-refractivity contribution in [1.82, 2.24) is 4.90 Å². The van der Waals surface area contributed by atoms with E-state index in [2.05, 4.69) is 4.90 Å². The van der Waals surface area contributed by atoms with E-state index in [9.17, 15) is 13.2 Å². The van der Waals surface area contributed by atoms with Gasteiger partial charge in [-0.3, -0.25) is 4.79 Å². The average Bonchev–Trinajstić information content (AvgIpc) is 2.79. The molecule has 3 rings (SSSR count). The van der Waals surface area contributed by atoms with Crippen molar-refractivity contribution in [1.29, 1.82) is 0 Å². The van der Waals surface area contributed by atoms with Gasteiger partial charge in [-0.2, -0.15) is 8.42 Å². The molecule has 0 heterocycles. The first-order valence-electron chi connectivity index (χ1n) is 12.2. The molecule has 1 amide bonds. The van der Waals surface area contributed by atoms with Gasteiger partial charge in [-0.15, -0.1) is 0 Å². The fourth-order valence-corrected chi connectivity index (χ4v) is 5.43. The molecule has 1 aliphatic carbocycles. The van der Waals surface area contributed by atoms with Crippen molar-refractivity contribution in [2.75, 3.05) is 18.0 Å². The van der Waals surface area contributed by atoms with E-state index in [4.69, 9.17) is 27.4 Å². The smallest absolute Gasteiger partial charge is 0.339 e. The number of nitrogens with zero attached hydrogens (tertiary/aromatic N) is 2. The zero-order chi connectivity index (χ0) is 25.8. The van der Waals surface area contributed by atoms with Crippen LogP contribution in [0.2, 0.25) is 10.0 Å². The molecule has 0 spiro atoms. The highest BCUT2D eigenvalue weighted by atomic mass is 35.5. The summed E-state index contributed by atoms with van der Waals surface area (Å²) in [7, 11) is -4.19. The lowest BCUT2D eigenvalue weighted by Crippen LogP contribution is -2.43. The van der Waals surface area contributed by atoms with Gasteiger partial charge in [0.1, 0.15) is 10.6 Å². The van der Waals surface area contributed by atoms with Crippen LogP contribution in [0.15, 0.2) is 41.3 Å². The van der Waals surface area contributed by atoms with E-state index in [0.717, 1.165) is 44.5 Å². The lowest BCUT2D eigenvalue weighted by Gasteiger charge is -2.35. The third kappa shape index (κ3) is 6.43. The third-order valence-corrected chi connectivity index (χ3v) is 8.73. The Morgan fingerprint density at radius 3 is 2.29 bits per heavy atom. The van der Waals surface area contributed by atoms with Crippen molar-refractivity contribution in [2.45, 2.75) is 70.9 Å². The van der Waals surface area contributed by atoms with Crippen LogP contribution < -0.4 is 9.08 Å². The van der Waals surface area contributed by atoms with Crippen LogP contribution in [0.3, 0.4) is 0 Å². The van der Waals surface area contributed by atoms with E-state index in [0.29, 0.717) is 5.56 Å². The van der Waals surface area contributed by atoms with E-state index in [1.807, 2.05) is 44.7 Å². The molecule has 35 heavy (non-hydrogen) atoms.